The molecule has 6 nitrogen and oxygen atoms in total. The highest BCUT2D eigenvalue weighted by atomic mass is 35.5. The van der Waals surface area contributed by atoms with Gasteiger partial charge in [0.15, 0.2) is 11.7 Å². The van der Waals surface area contributed by atoms with Gasteiger partial charge >= 0.3 is 0 Å². The van der Waals surface area contributed by atoms with Gasteiger partial charge in [-0.05, 0) is 12.1 Å². The maximum absolute atomic E-state index is 13.5. The molecule has 18 heavy (non-hydrogen) atoms. The fourth-order valence-electron chi connectivity index (χ4n) is 1.01. The number of amidine groups is 1. The van der Waals surface area contributed by atoms with Crippen LogP contribution >= 0.6 is 11.6 Å². The second-order valence-corrected chi connectivity index (χ2v) is 3.40. The van der Waals surface area contributed by atoms with Crippen molar-refractivity contribution in [3.8, 4) is 12.1 Å². The highest BCUT2D eigenvalue weighted by Crippen LogP contribution is 2.24. The molecule has 0 aliphatic carbocycles. The molecule has 0 aliphatic rings. The standard InChI is InChI=1S/C10H6ClFN6/c11-6-1-2-7(5(3-13)9(6)12)17-18-8(4-14)10(15)16/h1-2,17H,(H3,15,16)/b18-8+. The van der Waals surface area contributed by atoms with Gasteiger partial charge in [0, 0.05) is 0 Å². The Morgan fingerprint density at radius 3 is 2.67 bits per heavy atom. The molecule has 0 radical (unpaired) electrons. The van der Waals surface area contributed by atoms with Crippen molar-refractivity contribution in [1.82, 2.24) is 0 Å². The molecular weight excluding hydrogens is 259 g/mol. The molecule has 1 aromatic carbocycles. The van der Waals surface area contributed by atoms with E-state index in [1.165, 1.54) is 12.1 Å². The first-order chi connectivity index (χ1) is 8.51. The number of hydrogen-bond acceptors (Lipinski definition) is 5. The lowest BCUT2D eigenvalue weighted by Gasteiger charge is -2.05. The van der Waals surface area contributed by atoms with E-state index in [-0.39, 0.29) is 22.0 Å². The van der Waals surface area contributed by atoms with Gasteiger partial charge in [-0.2, -0.15) is 15.6 Å². The molecule has 90 valence electrons. The highest BCUT2D eigenvalue weighted by molar-refractivity contribution is 6.45. The normalized spacial score (nSPS) is 10.3. The molecule has 0 heterocycles. The van der Waals surface area contributed by atoms with Crippen molar-refractivity contribution in [3.05, 3.63) is 28.5 Å². The van der Waals surface area contributed by atoms with Crippen LogP contribution in [-0.4, -0.2) is 11.5 Å². The predicted molar refractivity (Wildman–Crippen MR) is 64.7 cm³/mol. The summed E-state index contributed by atoms with van der Waals surface area (Å²) in [5.74, 6) is -1.43. The molecular formula is C10H6ClFN6. The Morgan fingerprint density at radius 2 is 2.17 bits per heavy atom. The lowest BCUT2D eigenvalue weighted by atomic mass is 10.2. The summed E-state index contributed by atoms with van der Waals surface area (Å²) in [6, 6.07) is 5.74. The summed E-state index contributed by atoms with van der Waals surface area (Å²) in [6.07, 6.45) is 0. The Bertz CT molecular complexity index is 610. The number of nitriles is 2. The maximum Gasteiger partial charge on any atom is 0.201 e. The number of benzene rings is 1. The van der Waals surface area contributed by atoms with Crippen LogP contribution in [0.3, 0.4) is 0 Å². The number of hydrazone groups is 1. The topological polar surface area (TPSA) is 122 Å². The van der Waals surface area contributed by atoms with E-state index in [9.17, 15) is 4.39 Å². The number of halogens is 2. The number of hydrogen-bond donors (Lipinski definition) is 3. The van der Waals surface area contributed by atoms with Crippen molar-refractivity contribution in [3.63, 3.8) is 0 Å². The second-order valence-electron chi connectivity index (χ2n) is 2.99. The summed E-state index contributed by atoms with van der Waals surface area (Å²) >= 11 is 5.51. The monoisotopic (exact) mass is 264 g/mol. The molecule has 0 aliphatic heterocycles. The summed E-state index contributed by atoms with van der Waals surface area (Å²) in [5.41, 5.74) is 6.65. The van der Waals surface area contributed by atoms with Crippen LogP contribution in [-0.2, 0) is 0 Å². The zero-order valence-electron chi connectivity index (χ0n) is 8.83. The van der Waals surface area contributed by atoms with Crippen LogP contribution in [0.25, 0.3) is 0 Å². The van der Waals surface area contributed by atoms with Gasteiger partial charge in [-0.1, -0.05) is 11.6 Å². The molecule has 1 aromatic rings. The van der Waals surface area contributed by atoms with Crippen LogP contribution in [0.1, 0.15) is 5.56 Å². The third-order valence-corrected chi connectivity index (χ3v) is 2.15. The maximum atomic E-state index is 13.5. The summed E-state index contributed by atoms with van der Waals surface area (Å²) in [4.78, 5) is 0. The van der Waals surface area contributed by atoms with Crippen LogP contribution in [0.4, 0.5) is 10.1 Å². The predicted octanol–water partition coefficient (Wildman–Crippen LogP) is 1.58. The molecule has 0 saturated heterocycles. The fraction of sp³-hybridized carbons (Fsp3) is 0. The molecule has 0 unspecified atom stereocenters. The highest BCUT2D eigenvalue weighted by Gasteiger charge is 2.12. The number of nitrogens with one attached hydrogen (secondary N) is 2. The lowest BCUT2D eigenvalue weighted by molar-refractivity contribution is 0.625. The minimum absolute atomic E-state index is 0.0217. The van der Waals surface area contributed by atoms with E-state index in [4.69, 9.17) is 33.3 Å². The van der Waals surface area contributed by atoms with Gasteiger partial charge in [-0.3, -0.25) is 10.8 Å². The van der Waals surface area contributed by atoms with Crippen LogP contribution in [0.5, 0.6) is 0 Å². The minimum Gasteiger partial charge on any atom is -0.382 e. The van der Waals surface area contributed by atoms with Crippen molar-refractivity contribution < 1.29 is 4.39 Å². The summed E-state index contributed by atoms with van der Waals surface area (Å²) < 4.78 is 13.5. The zero-order valence-corrected chi connectivity index (χ0v) is 9.59. The Balaban J connectivity index is 3.15. The molecule has 0 bridgehead atoms. The Morgan fingerprint density at radius 1 is 1.50 bits per heavy atom. The van der Waals surface area contributed by atoms with Crippen molar-refractivity contribution in [2.45, 2.75) is 0 Å². The summed E-state index contributed by atoms with van der Waals surface area (Å²) in [6.45, 7) is 0. The van der Waals surface area contributed by atoms with Crippen molar-refractivity contribution >= 4 is 28.8 Å². The Hall–Kier alpha value is -2.64. The lowest BCUT2D eigenvalue weighted by Crippen LogP contribution is -2.22. The van der Waals surface area contributed by atoms with Gasteiger partial charge in [-0.15, -0.1) is 0 Å². The minimum atomic E-state index is -0.888. The van der Waals surface area contributed by atoms with Crippen LogP contribution in [0.2, 0.25) is 5.02 Å². The van der Waals surface area contributed by atoms with Gasteiger partial charge < -0.3 is 5.73 Å². The van der Waals surface area contributed by atoms with Crippen LogP contribution in [0.15, 0.2) is 17.2 Å². The largest absolute Gasteiger partial charge is 0.382 e. The number of anilines is 1. The third kappa shape index (κ3) is 2.73. The summed E-state index contributed by atoms with van der Waals surface area (Å²) in [5, 5.41) is 27.7. The van der Waals surface area contributed by atoms with Gasteiger partial charge in [0.2, 0.25) is 5.71 Å². The van der Waals surface area contributed by atoms with Gasteiger partial charge in [0.25, 0.3) is 0 Å². The van der Waals surface area contributed by atoms with E-state index in [0.717, 1.165) is 0 Å². The van der Waals surface area contributed by atoms with Crippen molar-refractivity contribution in [1.29, 1.82) is 15.9 Å². The second kappa shape index (κ2) is 5.62. The van der Waals surface area contributed by atoms with Gasteiger partial charge in [-0.25, -0.2) is 4.39 Å². The molecule has 4 N–H and O–H groups in total. The fourth-order valence-corrected chi connectivity index (χ4v) is 1.17. The zero-order chi connectivity index (χ0) is 13.7. The average molecular weight is 265 g/mol. The van der Waals surface area contributed by atoms with Gasteiger partial charge in [0.1, 0.15) is 17.7 Å². The van der Waals surface area contributed by atoms with E-state index in [2.05, 4.69) is 10.5 Å². The average Bonchev–Trinajstić information content (AvgIpc) is 2.34. The van der Waals surface area contributed by atoms with E-state index in [1.54, 1.807) is 12.1 Å². The first-order valence-electron chi connectivity index (χ1n) is 4.47. The van der Waals surface area contributed by atoms with E-state index in [1.807, 2.05) is 0 Å². The molecule has 8 heteroatoms. The number of rotatable bonds is 3. The number of nitrogens with two attached hydrogens (primary N) is 1. The number of nitrogens with zero attached hydrogens (tertiary/aromatic N) is 3. The van der Waals surface area contributed by atoms with Crippen molar-refractivity contribution in [2.75, 3.05) is 5.43 Å². The molecule has 0 spiro atoms. The van der Waals surface area contributed by atoms with Crippen molar-refractivity contribution in [2.24, 2.45) is 10.8 Å². The summed E-state index contributed by atoms with van der Waals surface area (Å²) in [7, 11) is 0. The van der Waals surface area contributed by atoms with Crippen LogP contribution in [0, 0.1) is 33.9 Å². The Kier molecular flexibility index (Phi) is 4.19. The first-order valence-corrected chi connectivity index (χ1v) is 4.85. The van der Waals surface area contributed by atoms with Gasteiger partial charge in [0.05, 0.1) is 10.7 Å². The van der Waals surface area contributed by atoms with E-state index < -0.39 is 11.7 Å². The first kappa shape index (κ1) is 13.4. The molecule has 0 amide bonds. The molecule has 0 fully saturated rings. The molecule has 1 rings (SSSR count). The molecule has 0 atom stereocenters. The quantitative estimate of drug-likeness (QED) is 0.436. The molecule has 0 aromatic heterocycles. The SMILES string of the molecule is N#C/C(=N\Nc1ccc(Cl)c(F)c1C#N)C(=N)N. The smallest absolute Gasteiger partial charge is 0.201 e. The Labute approximate surface area is 107 Å². The van der Waals surface area contributed by atoms with E-state index >= 15 is 0 Å². The van der Waals surface area contributed by atoms with Crippen LogP contribution < -0.4 is 11.2 Å². The van der Waals surface area contributed by atoms with E-state index in [0.29, 0.717) is 0 Å². The molecule has 0 saturated carbocycles. The third-order valence-electron chi connectivity index (χ3n) is 1.86.